The number of hydrogen-bond acceptors (Lipinski definition) is 4. The molecule has 1 heterocycles. The van der Waals surface area contributed by atoms with E-state index in [0.717, 1.165) is 11.8 Å². The molecule has 78 valence electrons. The predicted molar refractivity (Wildman–Crippen MR) is 52.7 cm³/mol. The number of hydrogen-bond donors (Lipinski definition) is 1. The largest absolute Gasteiger partial charge is 0.339 e. The fraction of sp³-hybridized carbons (Fsp3) is 0.800. The van der Waals surface area contributed by atoms with Crippen LogP contribution in [0.25, 0.3) is 0 Å². The summed E-state index contributed by atoms with van der Waals surface area (Å²) in [6, 6.07) is -0.138. The lowest BCUT2D eigenvalue weighted by Crippen LogP contribution is -2.18. The molecule has 2 rings (SSSR count). The molecule has 0 bridgehead atoms. The molecular formula is C10H17N3O. The third-order valence-corrected chi connectivity index (χ3v) is 3.11. The number of nitrogens with zero attached hydrogens (tertiary/aromatic N) is 2. The summed E-state index contributed by atoms with van der Waals surface area (Å²) in [4.78, 5) is 4.31. The molecule has 1 aromatic heterocycles. The summed E-state index contributed by atoms with van der Waals surface area (Å²) in [5, 5.41) is 3.87. The summed E-state index contributed by atoms with van der Waals surface area (Å²) in [5.74, 6) is 2.49. The second-order valence-corrected chi connectivity index (χ2v) is 4.26. The topological polar surface area (TPSA) is 64.9 Å². The van der Waals surface area contributed by atoms with Crippen LogP contribution in [-0.2, 0) is 0 Å². The molecule has 0 amide bonds. The molecule has 0 radical (unpaired) electrons. The first-order chi connectivity index (χ1) is 6.68. The lowest BCUT2D eigenvalue weighted by molar-refractivity contribution is 0.230. The maximum Gasteiger partial charge on any atom is 0.229 e. The smallest absolute Gasteiger partial charge is 0.229 e. The Morgan fingerprint density at radius 2 is 2.14 bits per heavy atom. The minimum atomic E-state index is -0.138. The van der Waals surface area contributed by atoms with E-state index in [2.05, 4.69) is 17.1 Å². The maximum atomic E-state index is 5.66. The Bertz CT molecular complexity index is 304. The second kappa shape index (κ2) is 3.69. The van der Waals surface area contributed by atoms with Crippen LogP contribution < -0.4 is 5.73 Å². The van der Waals surface area contributed by atoms with Crippen molar-refractivity contribution in [2.75, 3.05) is 0 Å². The van der Waals surface area contributed by atoms with E-state index < -0.39 is 0 Å². The highest BCUT2D eigenvalue weighted by atomic mass is 16.5. The first-order valence-corrected chi connectivity index (χ1v) is 5.27. The molecule has 1 saturated carbocycles. The van der Waals surface area contributed by atoms with Gasteiger partial charge in [-0.25, -0.2) is 0 Å². The van der Waals surface area contributed by atoms with E-state index in [1.165, 1.54) is 19.3 Å². The molecule has 0 saturated heterocycles. The highest BCUT2D eigenvalue weighted by molar-refractivity contribution is 4.98. The van der Waals surface area contributed by atoms with E-state index in [4.69, 9.17) is 10.3 Å². The van der Waals surface area contributed by atoms with E-state index in [0.29, 0.717) is 11.7 Å². The second-order valence-electron chi connectivity index (χ2n) is 4.26. The third-order valence-electron chi connectivity index (χ3n) is 3.11. The average molecular weight is 195 g/mol. The van der Waals surface area contributed by atoms with Crippen LogP contribution in [0.1, 0.15) is 56.8 Å². The maximum absolute atomic E-state index is 5.66. The van der Waals surface area contributed by atoms with Crippen molar-refractivity contribution in [1.29, 1.82) is 0 Å². The highest BCUT2D eigenvalue weighted by Crippen LogP contribution is 2.38. The summed E-state index contributed by atoms with van der Waals surface area (Å²) in [6.07, 6.45) is 3.91. The van der Waals surface area contributed by atoms with Gasteiger partial charge in [-0.2, -0.15) is 4.98 Å². The molecule has 0 aliphatic heterocycles. The van der Waals surface area contributed by atoms with Crippen molar-refractivity contribution in [1.82, 2.24) is 10.1 Å². The van der Waals surface area contributed by atoms with Crippen molar-refractivity contribution >= 4 is 0 Å². The van der Waals surface area contributed by atoms with E-state index >= 15 is 0 Å². The average Bonchev–Trinajstić information content (AvgIpc) is 2.48. The molecule has 1 fully saturated rings. The summed E-state index contributed by atoms with van der Waals surface area (Å²) in [5.41, 5.74) is 5.66. The van der Waals surface area contributed by atoms with Gasteiger partial charge >= 0.3 is 0 Å². The fourth-order valence-corrected chi connectivity index (χ4v) is 1.76. The normalized spacial score (nSPS) is 21.6. The van der Waals surface area contributed by atoms with Crippen LogP contribution in [0.4, 0.5) is 0 Å². The third kappa shape index (κ3) is 1.66. The van der Waals surface area contributed by atoms with Crippen LogP contribution in [0.5, 0.6) is 0 Å². The van der Waals surface area contributed by atoms with E-state index in [1.807, 2.05) is 6.92 Å². The molecule has 2 N–H and O–H groups in total. The molecule has 1 aliphatic rings. The number of aromatic nitrogens is 2. The quantitative estimate of drug-likeness (QED) is 0.801. The summed E-state index contributed by atoms with van der Waals surface area (Å²) < 4.78 is 5.20. The molecule has 2 unspecified atom stereocenters. The Morgan fingerprint density at radius 1 is 1.43 bits per heavy atom. The summed E-state index contributed by atoms with van der Waals surface area (Å²) in [7, 11) is 0. The van der Waals surface area contributed by atoms with Crippen molar-refractivity contribution in [3.63, 3.8) is 0 Å². The first-order valence-electron chi connectivity index (χ1n) is 5.27. The lowest BCUT2D eigenvalue weighted by atomic mass is 9.77. The van der Waals surface area contributed by atoms with Gasteiger partial charge in [-0.05, 0) is 25.7 Å². The highest BCUT2D eigenvalue weighted by Gasteiger charge is 2.29. The molecule has 1 aromatic rings. The van der Waals surface area contributed by atoms with Gasteiger partial charge in [0.15, 0.2) is 5.82 Å². The van der Waals surface area contributed by atoms with Gasteiger partial charge in [0, 0.05) is 5.92 Å². The van der Waals surface area contributed by atoms with Crippen LogP contribution in [0.2, 0.25) is 0 Å². The van der Waals surface area contributed by atoms with E-state index in [1.54, 1.807) is 0 Å². The van der Waals surface area contributed by atoms with Crippen molar-refractivity contribution in [2.45, 2.75) is 45.1 Å². The zero-order valence-electron chi connectivity index (χ0n) is 8.73. The number of nitrogens with two attached hydrogens (primary N) is 1. The van der Waals surface area contributed by atoms with Crippen molar-refractivity contribution in [3.8, 4) is 0 Å². The molecule has 14 heavy (non-hydrogen) atoms. The van der Waals surface area contributed by atoms with E-state index in [9.17, 15) is 0 Å². The van der Waals surface area contributed by atoms with Gasteiger partial charge in [0.25, 0.3) is 0 Å². The van der Waals surface area contributed by atoms with Gasteiger partial charge in [0.2, 0.25) is 5.89 Å². The van der Waals surface area contributed by atoms with Crippen molar-refractivity contribution in [2.24, 2.45) is 11.7 Å². The van der Waals surface area contributed by atoms with Gasteiger partial charge in [0.1, 0.15) is 0 Å². The van der Waals surface area contributed by atoms with Gasteiger partial charge < -0.3 is 10.3 Å². The summed E-state index contributed by atoms with van der Waals surface area (Å²) in [6.45, 7) is 4.02. The Morgan fingerprint density at radius 3 is 2.57 bits per heavy atom. The van der Waals surface area contributed by atoms with Gasteiger partial charge in [-0.3, -0.25) is 0 Å². The molecule has 4 heteroatoms. The van der Waals surface area contributed by atoms with Crippen LogP contribution in [0.15, 0.2) is 4.52 Å². The molecule has 4 nitrogen and oxygen atoms in total. The standard InChI is InChI=1S/C10H17N3O/c1-6(8-4-3-5-8)10-12-9(7(2)11)13-14-10/h6-8H,3-5,11H2,1-2H3. The Kier molecular flexibility index (Phi) is 2.54. The van der Waals surface area contributed by atoms with Crippen LogP contribution >= 0.6 is 0 Å². The number of rotatable bonds is 3. The van der Waals surface area contributed by atoms with Crippen LogP contribution in [0.3, 0.4) is 0 Å². The molecule has 0 aromatic carbocycles. The Balaban J connectivity index is 2.07. The van der Waals surface area contributed by atoms with Gasteiger partial charge in [-0.1, -0.05) is 18.5 Å². The Labute approximate surface area is 83.9 Å². The molecular weight excluding hydrogens is 178 g/mol. The zero-order valence-corrected chi connectivity index (χ0v) is 8.73. The van der Waals surface area contributed by atoms with Crippen LogP contribution in [0, 0.1) is 5.92 Å². The van der Waals surface area contributed by atoms with Gasteiger partial charge in [0.05, 0.1) is 6.04 Å². The molecule has 2 atom stereocenters. The van der Waals surface area contributed by atoms with Crippen molar-refractivity contribution in [3.05, 3.63) is 11.7 Å². The lowest BCUT2D eigenvalue weighted by Gasteiger charge is -2.28. The van der Waals surface area contributed by atoms with Crippen LogP contribution in [-0.4, -0.2) is 10.1 Å². The predicted octanol–water partition coefficient (Wildman–Crippen LogP) is 1.99. The fourth-order valence-electron chi connectivity index (χ4n) is 1.76. The van der Waals surface area contributed by atoms with E-state index in [-0.39, 0.29) is 6.04 Å². The minimum absolute atomic E-state index is 0.138. The SMILES string of the molecule is CC(N)c1noc(C(C)C2CCC2)n1. The first kappa shape index (κ1) is 9.65. The van der Waals surface area contributed by atoms with Crippen molar-refractivity contribution < 1.29 is 4.52 Å². The Hall–Kier alpha value is -0.900. The summed E-state index contributed by atoms with van der Waals surface area (Å²) >= 11 is 0. The monoisotopic (exact) mass is 195 g/mol. The molecule has 1 aliphatic carbocycles. The minimum Gasteiger partial charge on any atom is -0.339 e. The van der Waals surface area contributed by atoms with Gasteiger partial charge in [-0.15, -0.1) is 0 Å². The zero-order chi connectivity index (χ0) is 10.1. The molecule has 0 spiro atoms.